The Morgan fingerprint density at radius 2 is 1.90 bits per heavy atom. The molecule has 2 amide bonds. The fourth-order valence-electron chi connectivity index (χ4n) is 3.53. The second-order valence-electron chi connectivity index (χ2n) is 6.93. The standard InChI is InChI=1S/C21H22FN5O2/c1-2-25-10-12-26(13-11-25)21(29)18-17-8-3-4-9-27(17)19(24-18)20(28)23-16-7-5-6-15(22)14-16/h3-9,14H,2,10-13H2,1H3,(H,23,28). The van der Waals surface area contributed by atoms with Crippen LogP contribution in [0.4, 0.5) is 10.1 Å². The molecule has 150 valence electrons. The van der Waals surface area contributed by atoms with Gasteiger partial charge in [-0.3, -0.25) is 14.0 Å². The normalized spacial score (nSPS) is 14.9. The van der Waals surface area contributed by atoms with Crippen LogP contribution in [0.1, 0.15) is 28.0 Å². The van der Waals surface area contributed by atoms with Crippen molar-refractivity contribution in [2.75, 3.05) is 38.0 Å². The molecule has 1 N–H and O–H groups in total. The van der Waals surface area contributed by atoms with Crippen molar-refractivity contribution in [2.24, 2.45) is 0 Å². The zero-order valence-electron chi connectivity index (χ0n) is 16.1. The van der Waals surface area contributed by atoms with Crippen LogP contribution in [-0.2, 0) is 0 Å². The summed E-state index contributed by atoms with van der Waals surface area (Å²) in [4.78, 5) is 34.3. The second kappa shape index (κ2) is 8.00. The minimum atomic E-state index is -0.508. The van der Waals surface area contributed by atoms with E-state index in [2.05, 4.69) is 22.1 Å². The van der Waals surface area contributed by atoms with Gasteiger partial charge < -0.3 is 15.1 Å². The van der Waals surface area contributed by atoms with Gasteiger partial charge >= 0.3 is 0 Å². The number of amides is 2. The van der Waals surface area contributed by atoms with Crippen LogP contribution in [0, 0.1) is 5.82 Å². The third-order valence-electron chi connectivity index (χ3n) is 5.14. The molecule has 0 aliphatic carbocycles. The summed E-state index contributed by atoms with van der Waals surface area (Å²) in [6.45, 7) is 5.96. The van der Waals surface area contributed by atoms with Gasteiger partial charge in [-0.2, -0.15) is 0 Å². The van der Waals surface area contributed by atoms with Crippen molar-refractivity contribution in [1.82, 2.24) is 19.2 Å². The summed E-state index contributed by atoms with van der Waals surface area (Å²) in [5.74, 6) is -1.06. The van der Waals surface area contributed by atoms with Gasteiger partial charge in [-0.05, 0) is 36.9 Å². The Bertz CT molecular complexity index is 1060. The number of halogens is 1. The minimum absolute atomic E-state index is 0.0837. The number of benzene rings is 1. The smallest absolute Gasteiger partial charge is 0.292 e. The Kier molecular flexibility index (Phi) is 5.26. The van der Waals surface area contributed by atoms with Crippen LogP contribution in [0.3, 0.4) is 0 Å². The molecule has 3 aromatic rings. The summed E-state index contributed by atoms with van der Waals surface area (Å²) in [5, 5.41) is 2.64. The molecular weight excluding hydrogens is 373 g/mol. The first-order valence-electron chi connectivity index (χ1n) is 9.62. The van der Waals surface area contributed by atoms with Crippen molar-refractivity contribution in [2.45, 2.75) is 6.92 Å². The number of anilines is 1. The molecule has 0 bridgehead atoms. The lowest BCUT2D eigenvalue weighted by Crippen LogP contribution is -2.48. The Hall–Kier alpha value is -3.26. The topological polar surface area (TPSA) is 69.9 Å². The first kappa shape index (κ1) is 19.1. The summed E-state index contributed by atoms with van der Waals surface area (Å²) in [6.07, 6.45) is 1.69. The third kappa shape index (κ3) is 3.84. The van der Waals surface area contributed by atoms with Crippen LogP contribution in [0.15, 0.2) is 48.7 Å². The number of hydrogen-bond donors (Lipinski definition) is 1. The number of hydrogen-bond acceptors (Lipinski definition) is 4. The Morgan fingerprint density at radius 3 is 2.62 bits per heavy atom. The average molecular weight is 395 g/mol. The molecule has 2 aromatic heterocycles. The predicted octanol–water partition coefficient (Wildman–Crippen LogP) is 2.50. The van der Waals surface area contributed by atoms with Crippen LogP contribution in [0.25, 0.3) is 5.52 Å². The number of likely N-dealkylation sites (N-methyl/N-ethyl adjacent to an activating group) is 1. The lowest BCUT2D eigenvalue weighted by Gasteiger charge is -2.33. The summed E-state index contributed by atoms with van der Waals surface area (Å²) in [5.41, 5.74) is 1.14. The van der Waals surface area contributed by atoms with Crippen molar-refractivity contribution in [3.63, 3.8) is 0 Å². The highest BCUT2D eigenvalue weighted by molar-refractivity contribution is 6.06. The number of carbonyl (C=O) groups is 2. The molecule has 0 spiro atoms. The molecule has 29 heavy (non-hydrogen) atoms. The molecule has 1 saturated heterocycles. The number of imidazole rings is 1. The van der Waals surface area contributed by atoms with Crippen molar-refractivity contribution in [3.8, 4) is 0 Å². The summed E-state index contributed by atoms with van der Waals surface area (Å²) in [7, 11) is 0. The maximum absolute atomic E-state index is 13.4. The molecule has 1 aliphatic heterocycles. The van der Waals surface area contributed by atoms with E-state index in [1.54, 1.807) is 39.8 Å². The molecule has 0 saturated carbocycles. The number of nitrogens with one attached hydrogen (secondary N) is 1. The van der Waals surface area contributed by atoms with E-state index in [-0.39, 0.29) is 17.4 Å². The van der Waals surface area contributed by atoms with Gasteiger partial charge in [0.1, 0.15) is 5.82 Å². The summed E-state index contributed by atoms with van der Waals surface area (Å²) in [6, 6.07) is 11.0. The van der Waals surface area contributed by atoms with Gasteiger partial charge in [0.2, 0.25) is 5.82 Å². The molecule has 0 atom stereocenters. The lowest BCUT2D eigenvalue weighted by atomic mass is 10.2. The second-order valence-corrected chi connectivity index (χ2v) is 6.93. The number of rotatable bonds is 4. The zero-order chi connectivity index (χ0) is 20.4. The van der Waals surface area contributed by atoms with Crippen LogP contribution in [-0.4, -0.2) is 63.7 Å². The number of piperazine rings is 1. The maximum Gasteiger partial charge on any atom is 0.292 e. The van der Waals surface area contributed by atoms with E-state index in [0.29, 0.717) is 24.3 Å². The number of nitrogens with zero attached hydrogens (tertiary/aromatic N) is 4. The van der Waals surface area contributed by atoms with Crippen molar-refractivity contribution >= 4 is 23.0 Å². The van der Waals surface area contributed by atoms with E-state index in [4.69, 9.17) is 0 Å². The molecule has 1 aliphatic rings. The number of pyridine rings is 1. The average Bonchev–Trinajstić information content (AvgIpc) is 3.13. The van der Waals surface area contributed by atoms with Crippen molar-refractivity contribution in [3.05, 3.63) is 66.0 Å². The van der Waals surface area contributed by atoms with Crippen LogP contribution < -0.4 is 5.32 Å². The van der Waals surface area contributed by atoms with E-state index in [9.17, 15) is 14.0 Å². The quantitative estimate of drug-likeness (QED) is 0.737. The number of carbonyl (C=O) groups excluding carboxylic acids is 2. The van der Waals surface area contributed by atoms with Crippen LogP contribution >= 0.6 is 0 Å². The minimum Gasteiger partial charge on any atom is -0.335 e. The van der Waals surface area contributed by atoms with Gasteiger partial charge in [-0.1, -0.05) is 19.1 Å². The van der Waals surface area contributed by atoms with Gasteiger partial charge in [0, 0.05) is 38.1 Å². The number of fused-ring (bicyclic) bond motifs is 1. The molecule has 1 aromatic carbocycles. The predicted molar refractivity (Wildman–Crippen MR) is 108 cm³/mol. The van der Waals surface area contributed by atoms with Gasteiger partial charge in [0.05, 0.1) is 5.52 Å². The van der Waals surface area contributed by atoms with Gasteiger partial charge in [-0.25, -0.2) is 9.37 Å². The zero-order valence-corrected chi connectivity index (χ0v) is 16.1. The van der Waals surface area contributed by atoms with E-state index < -0.39 is 11.7 Å². The molecule has 3 heterocycles. The maximum atomic E-state index is 13.4. The van der Waals surface area contributed by atoms with Crippen molar-refractivity contribution in [1.29, 1.82) is 0 Å². The van der Waals surface area contributed by atoms with Crippen LogP contribution in [0.5, 0.6) is 0 Å². The summed E-state index contributed by atoms with van der Waals surface area (Å²) >= 11 is 0. The van der Waals surface area contributed by atoms with Crippen molar-refractivity contribution < 1.29 is 14.0 Å². The molecule has 7 nitrogen and oxygen atoms in total. The number of aromatic nitrogens is 2. The van der Waals surface area contributed by atoms with Gasteiger partial charge in [0.15, 0.2) is 5.69 Å². The van der Waals surface area contributed by atoms with E-state index in [0.717, 1.165) is 19.6 Å². The van der Waals surface area contributed by atoms with E-state index >= 15 is 0 Å². The SMILES string of the molecule is CCN1CCN(C(=O)c2nc(C(=O)Nc3cccc(F)c3)n3ccccc23)CC1. The highest BCUT2D eigenvalue weighted by atomic mass is 19.1. The van der Waals surface area contributed by atoms with Gasteiger partial charge in [-0.15, -0.1) is 0 Å². The molecule has 4 rings (SSSR count). The molecule has 0 unspecified atom stereocenters. The fraction of sp³-hybridized carbons (Fsp3) is 0.286. The Morgan fingerprint density at radius 1 is 1.10 bits per heavy atom. The largest absolute Gasteiger partial charge is 0.335 e. The fourth-order valence-corrected chi connectivity index (χ4v) is 3.53. The van der Waals surface area contributed by atoms with Gasteiger partial charge in [0.25, 0.3) is 11.8 Å². The monoisotopic (exact) mass is 395 g/mol. The Balaban J connectivity index is 1.63. The van der Waals surface area contributed by atoms with E-state index in [1.807, 2.05) is 0 Å². The molecule has 8 heteroatoms. The lowest BCUT2D eigenvalue weighted by molar-refractivity contribution is 0.0640. The first-order valence-corrected chi connectivity index (χ1v) is 9.62. The van der Waals surface area contributed by atoms with Crippen LogP contribution in [0.2, 0.25) is 0 Å². The first-order chi connectivity index (χ1) is 14.1. The molecular formula is C21H22FN5O2. The van der Waals surface area contributed by atoms with E-state index in [1.165, 1.54) is 18.2 Å². The molecule has 1 fully saturated rings. The molecule has 0 radical (unpaired) electrons. The highest BCUT2D eigenvalue weighted by Crippen LogP contribution is 2.18. The summed E-state index contributed by atoms with van der Waals surface area (Å²) < 4.78 is 15.0. The Labute approximate surface area is 167 Å². The third-order valence-corrected chi connectivity index (χ3v) is 5.14. The highest BCUT2D eigenvalue weighted by Gasteiger charge is 2.27.